The second kappa shape index (κ2) is 6.22. The van der Waals surface area contributed by atoms with E-state index in [1.165, 1.54) is 19.5 Å². The van der Waals surface area contributed by atoms with Crippen LogP contribution in [-0.2, 0) is 4.79 Å². The number of oxazole rings is 1. The molecule has 0 saturated carbocycles. The summed E-state index contributed by atoms with van der Waals surface area (Å²) in [5, 5.41) is 3.18. The average Bonchev–Trinajstić information content (AvgIpc) is 3.02. The van der Waals surface area contributed by atoms with Crippen LogP contribution in [0.4, 0.5) is 10.1 Å². The number of nitrogens with zero attached hydrogens (tertiary/aromatic N) is 1. The maximum Gasteiger partial charge on any atom is 0.221 e. The molecular weight excluding hydrogens is 319 g/mol. The Bertz CT molecular complexity index is 846. The summed E-state index contributed by atoms with van der Waals surface area (Å²) >= 11 is 5.89. The van der Waals surface area contributed by atoms with Crippen molar-refractivity contribution < 1.29 is 13.6 Å². The van der Waals surface area contributed by atoms with Gasteiger partial charge in [0.05, 0.1) is 17.4 Å². The summed E-state index contributed by atoms with van der Waals surface area (Å²) in [5.74, 6) is -0.477. The summed E-state index contributed by atoms with van der Waals surface area (Å²) in [6.07, 6.45) is 2.67. The topological polar surface area (TPSA) is 55.1 Å². The first-order valence-electron chi connectivity index (χ1n) is 6.81. The van der Waals surface area contributed by atoms with E-state index in [1.807, 2.05) is 0 Å². The van der Waals surface area contributed by atoms with Gasteiger partial charge < -0.3 is 9.73 Å². The maximum absolute atomic E-state index is 15.1. The molecule has 1 amide bonds. The zero-order valence-corrected chi connectivity index (χ0v) is 12.9. The van der Waals surface area contributed by atoms with Gasteiger partial charge in [-0.3, -0.25) is 4.79 Å². The minimum Gasteiger partial charge on any atom is -0.443 e. The third-order valence-corrected chi connectivity index (χ3v) is 3.54. The van der Waals surface area contributed by atoms with Crippen LogP contribution in [0, 0.1) is 5.82 Å². The zero-order chi connectivity index (χ0) is 16.4. The van der Waals surface area contributed by atoms with E-state index in [1.54, 1.807) is 36.4 Å². The number of nitrogens with one attached hydrogen (secondary N) is 1. The lowest BCUT2D eigenvalue weighted by Gasteiger charge is -2.14. The summed E-state index contributed by atoms with van der Waals surface area (Å²) in [5.41, 5.74) is 1.50. The van der Waals surface area contributed by atoms with E-state index in [0.29, 0.717) is 22.0 Å². The first kappa shape index (κ1) is 15.2. The Balaban J connectivity index is 2.21. The van der Waals surface area contributed by atoms with E-state index in [4.69, 9.17) is 16.0 Å². The quantitative estimate of drug-likeness (QED) is 0.753. The van der Waals surface area contributed by atoms with Gasteiger partial charge in [0.25, 0.3) is 0 Å². The van der Waals surface area contributed by atoms with Crippen molar-refractivity contribution in [3.63, 3.8) is 0 Å². The van der Waals surface area contributed by atoms with E-state index >= 15 is 4.39 Å². The Morgan fingerprint density at radius 2 is 1.96 bits per heavy atom. The second-order valence-corrected chi connectivity index (χ2v) is 5.34. The molecule has 0 aliphatic rings. The third kappa shape index (κ3) is 3.10. The highest BCUT2D eigenvalue weighted by Crippen LogP contribution is 2.37. The lowest BCUT2D eigenvalue weighted by Crippen LogP contribution is -2.08. The van der Waals surface area contributed by atoms with Crippen LogP contribution in [0.15, 0.2) is 53.4 Å². The Morgan fingerprint density at radius 3 is 2.57 bits per heavy atom. The van der Waals surface area contributed by atoms with Gasteiger partial charge in [-0.15, -0.1) is 0 Å². The van der Waals surface area contributed by atoms with Crippen LogP contribution < -0.4 is 5.32 Å². The van der Waals surface area contributed by atoms with Crippen LogP contribution in [-0.4, -0.2) is 10.9 Å². The highest BCUT2D eigenvalue weighted by atomic mass is 35.5. The molecule has 0 unspecified atom stereocenters. The van der Waals surface area contributed by atoms with Crippen LogP contribution in [0.2, 0.25) is 5.02 Å². The summed E-state index contributed by atoms with van der Waals surface area (Å²) in [4.78, 5) is 15.2. The number of hydrogen-bond acceptors (Lipinski definition) is 3. The number of halogens is 2. The van der Waals surface area contributed by atoms with Gasteiger partial charge in [0, 0.05) is 17.5 Å². The predicted octanol–water partition coefficient (Wildman–Crippen LogP) is 4.76. The van der Waals surface area contributed by atoms with Crippen LogP contribution in [0.3, 0.4) is 0 Å². The molecule has 3 rings (SSSR count). The number of aromatic nitrogens is 1. The monoisotopic (exact) mass is 330 g/mol. The average molecular weight is 331 g/mol. The van der Waals surface area contributed by atoms with Crippen molar-refractivity contribution >= 4 is 23.2 Å². The molecule has 0 saturated heterocycles. The van der Waals surface area contributed by atoms with Crippen molar-refractivity contribution in [2.75, 3.05) is 5.32 Å². The van der Waals surface area contributed by atoms with Crippen LogP contribution in [0.5, 0.6) is 0 Å². The fraction of sp³-hybridized carbons (Fsp3) is 0.0588. The summed E-state index contributed by atoms with van der Waals surface area (Å²) in [6.45, 7) is 1.37. The van der Waals surface area contributed by atoms with Crippen molar-refractivity contribution in [3.8, 4) is 22.5 Å². The third-order valence-electron chi connectivity index (χ3n) is 3.28. The van der Waals surface area contributed by atoms with Gasteiger partial charge in [-0.25, -0.2) is 9.37 Å². The summed E-state index contributed by atoms with van der Waals surface area (Å²) in [7, 11) is 0. The molecule has 6 heteroatoms. The molecule has 3 aromatic rings. The second-order valence-electron chi connectivity index (χ2n) is 4.90. The molecule has 0 fully saturated rings. The van der Waals surface area contributed by atoms with E-state index in [0.717, 1.165) is 0 Å². The molecule has 0 spiro atoms. The highest BCUT2D eigenvalue weighted by molar-refractivity contribution is 6.30. The Morgan fingerprint density at radius 1 is 1.22 bits per heavy atom. The van der Waals surface area contributed by atoms with Crippen molar-refractivity contribution in [3.05, 3.63) is 59.8 Å². The minimum atomic E-state index is -0.504. The lowest BCUT2D eigenvalue weighted by molar-refractivity contribution is -0.114. The normalized spacial score (nSPS) is 10.6. The zero-order valence-electron chi connectivity index (χ0n) is 12.1. The number of anilines is 1. The van der Waals surface area contributed by atoms with E-state index in [-0.39, 0.29) is 17.0 Å². The van der Waals surface area contributed by atoms with Crippen molar-refractivity contribution in [1.29, 1.82) is 0 Å². The molecule has 0 aliphatic carbocycles. The molecule has 1 heterocycles. The van der Waals surface area contributed by atoms with Gasteiger partial charge in [0.1, 0.15) is 5.82 Å². The molecule has 1 N–H and O–H groups in total. The maximum atomic E-state index is 15.1. The minimum absolute atomic E-state index is 0.265. The van der Waals surface area contributed by atoms with Crippen molar-refractivity contribution in [2.24, 2.45) is 0 Å². The number of hydrogen-bond donors (Lipinski definition) is 1. The van der Waals surface area contributed by atoms with Gasteiger partial charge in [-0.1, -0.05) is 23.7 Å². The fourth-order valence-corrected chi connectivity index (χ4v) is 2.43. The molecular formula is C17H12ClFN2O2. The molecule has 4 nitrogen and oxygen atoms in total. The SMILES string of the molecule is CC(=O)Nc1ccc(-c2cnco2)c(F)c1-c1ccc(Cl)cc1. The number of amides is 1. The van der Waals surface area contributed by atoms with Gasteiger partial charge >= 0.3 is 0 Å². The standard InChI is InChI=1S/C17H12ClFN2O2/c1-10(22)21-14-7-6-13(15-8-20-9-23-15)17(19)16(14)11-2-4-12(18)5-3-11/h2-9H,1H3,(H,21,22). The number of benzene rings is 2. The van der Waals surface area contributed by atoms with Crippen molar-refractivity contribution in [2.45, 2.75) is 6.92 Å². The molecule has 23 heavy (non-hydrogen) atoms. The van der Waals surface area contributed by atoms with Gasteiger partial charge in [-0.05, 0) is 29.8 Å². The summed E-state index contributed by atoms with van der Waals surface area (Å²) < 4.78 is 20.2. The first-order valence-corrected chi connectivity index (χ1v) is 7.19. The number of carbonyl (C=O) groups is 1. The number of rotatable bonds is 3. The van der Waals surface area contributed by atoms with E-state index in [2.05, 4.69) is 10.3 Å². The Labute approximate surface area is 136 Å². The molecule has 0 aliphatic heterocycles. The van der Waals surface area contributed by atoms with Gasteiger partial charge in [0.2, 0.25) is 5.91 Å². The van der Waals surface area contributed by atoms with Gasteiger partial charge in [-0.2, -0.15) is 0 Å². The van der Waals surface area contributed by atoms with Crippen LogP contribution in [0.25, 0.3) is 22.5 Å². The summed E-state index contributed by atoms with van der Waals surface area (Å²) in [6, 6.07) is 9.88. The number of carbonyl (C=O) groups excluding carboxylic acids is 1. The predicted molar refractivity (Wildman–Crippen MR) is 86.6 cm³/mol. The molecule has 1 aromatic heterocycles. The Hall–Kier alpha value is -2.66. The van der Waals surface area contributed by atoms with Crippen LogP contribution in [0.1, 0.15) is 6.92 Å². The molecule has 0 bridgehead atoms. The lowest BCUT2D eigenvalue weighted by atomic mass is 9.99. The molecule has 0 atom stereocenters. The highest BCUT2D eigenvalue weighted by Gasteiger charge is 2.18. The Kier molecular flexibility index (Phi) is 4.12. The fourth-order valence-electron chi connectivity index (χ4n) is 2.31. The van der Waals surface area contributed by atoms with E-state index < -0.39 is 5.82 Å². The largest absolute Gasteiger partial charge is 0.443 e. The smallest absolute Gasteiger partial charge is 0.221 e. The molecule has 116 valence electrons. The molecule has 0 radical (unpaired) electrons. The van der Waals surface area contributed by atoms with Crippen molar-refractivity contribution in [1.82, 2.24) is 4.98 Å². The first-order chi connectivity index (χ1) is 11.1. The van der Waals surface area contributed by atoms with E-state index in [9.17, 15) is 4.79 Å². The molecule has 2 aromatic carbocycles. The van der Waals surface area contributed by atoms with Gasteiger partial charge in [0.15, 0.2) is 12.2 Å². The van der Waals surface area contributed by atoms with Crippen LogP contribution >= 0.6 is 11.6 Å².